The second-order valence-electron chi connectivity index (χ2n) is 3.82. The van der Waals surface area contributed by atoms with Gasteiger partial charge in [-0.15, -0.1) is 5.10 Å². The fourth-order valence-corrected chi connectivity index (χ4v) is 2.91. The van der Waals surface area contributed by atoms with Gasteiger partial charge in [0.2, 0.25) is 0 Å². The first kappa shape index (κ1) is 12.5. The van der Waals surface area contributed by atoms with Crippen LogP contribution in [0.15, 0.2) is 29.3 Å². The molecule has 2 N–H and O–H groups in total. The van der Waals surface area contributed by atoms with Crippen molar-refractivity contribution in [3.05, 3.63) is 35.9 Å². The van der Waals surface area contributed by atoms with Crippen LogP contribution in [0.25, 0.3) is 0 Å². The van der Waals surface area contributed by atoms with Crippen LogP contribution in [0.4, 0.5) is 10.1 Å². The lowest BCUT2D eigenvalue weighted by Crippen LogP contribution is -2.08. The zero-order chi connectivity index (χ0) is 13.3. The number of nitrogens with zero attached hydrogens (tertiary/aromatic N) is 3. The number of sulfone groups is 1. The molecule has 0 radical (unpaired) electrons. The third kappa shape index (κ3) is 2.48. The average molecular weight is 270 g/mol. The summed E-state index contributed by atoms with van der Waals surface area (Å²) in [6.45, 7) is 0. The van der Waals surface area contributed by atoms with Crippen molar-refractivity contribution < 1.29 is 12.8 Å². The molecule has 8 heteroatoms. The molecule has 0 aliphatic heterocycles. The highest BCUT2D eigenvalue weighted by Gasteiger charge is 2.20. The highest BCUT2D eigenvalue weighted by atomic mass is 32.2. The number of halogens is 1. The molecule has 0 saturated heterocycles. The molecule has 2 aromatic rings. The van der Waals surface area contributed by atoms with E-state index in [2.05, 4.69) is 10.3 Å². The van der Waals surface area contributed by atoms with Crippen molar-refractivity contribution in [3.8, 4) is 0 Å². The first-order valence-corrected chi connectivity index (χ1v) is 6.67. The Morgan fingerprint density at radius 2 is 2.17 bits per heavy atom. The van der Waals surface area contributed by atoms with Gasteiger partial charge >= 0.3 is 0 Å². The molecule has 1 aromatic carbocycles. The summed E-state index contributed by atoms with van der Waals surface area (Å²) in [5, 5.41) is 7.31. The summed E-state index contributed by atoms with van der Waals surface area (Å²) in [7, 11) is -2.11. The molecule has 0 saturated carbocycles. The Balaban J connectivity index is 2.39. The highest BCUT2D eigenvalue weighted by molar-refractivity contribution is 7.90. The lowest BCUT2D eigenvalue weighted by Gasteiger charge is -2.05. The zero-order valence-electron chi connectivity index (χ0n) is 9.54. The smallest absolute Gasteiger partial charge is 0.186 e. The van der Waals surface area contributed by atoms with Crippen LogP contribution >= 0.6 is 0 Å². The van der Waals surface area contributed by atoms with Crippen molar-refractivity contribution >= 4 is 15.5 Å². The monoisotopic (exact) mass is 270 g/mol. The predicted molar refractivity (Wildman–Crippen MR) is 62.7 cm³/mol. The summed E-state index contributed by atoms with van der Waals surface area (Å²) in [6, 6.07) is 3.23. The number of aromatic nitrogens is 3. The van der Waals surface area contributed by atoms with Gasteiger partial charge in [-0.25, -0.2) is 12.8 Å². The van der Waals surface area contributed by atoms with Crippen molar-refractivity contribution in [1.29, 1.82) is 0 Å². The SMILES string of the molecule is Cn1cc(CS(=O)(=O)c2cc(F)ccc2N)nn1. The molecule has 18 heavy (non-hydrogen) atoms. The predicted octanol–water partition coefficient (Wildman–Crippen LogP) is 0.510. The number of hydrogen-bond donors (Lipinski definition) is 1. The number of benzene rings is 1. The molecule has 0 unspecified atom stereocenters. The first-order valence-electron chi connectivity index (χ1n) is 5.01. The van der Waals surface area contributed by atoms with Gasteiger partial charge in [0, 0.05) is 13.2 Å². The number of nitrogen functional groups attached to an aromatic ring is 1. The molecule has 0 amide bonds. The Morgan fingerprint density at radius 1 is 1.44 bits per heavy atom. The Bertz CT molecular complexity index is 681. The van der Waals surface area contributed by atoms with E-state index in [1.165, 1.54) is 16.9 Å². The van der Waals surface area contributed by atoms with E-state index in [1.807, 2.05) is 0 Å². The van der Waals surface area contributed by atoms with Gasteiger partial charge in [-0.1, -0.05) is 5.21 Å². The summed E-state index contributed by atoms with van der Waals surface area (Å²) in [5.41, 5.74) is 5.84. The van der Waals surface area contributed by atoms with Gasteiger partial charge in [0.25, 0.3) is 0 Å². The summed E-state index contributed by atoms with van der Waals surface area (Å²) < 4.78 is 38.6. The Morgan fingerprint density at radius 3 is 2.78 bits per heavy atom. The van der Waals surface area contributed by atoms with Crippen molar-refractivity contribution in [1.82, 2.24) is 15.0 Å². The number of nitrogens with two attached hydrogens (primary N) is 1. The van der Waals surface area contributed by atoms with Crippen LogP contribution in [0.1, 0.15) is 5.69 Å². The molecule has 2 rings (SSSR count). The lowest BCUT2D eigenvalue weighted by atomic mass is 10.3. The standard InChI is InChI=1S/C10H11FN4O2S/c1-15-5-8(13-14-15)6-18(16,17)10-4-7(11)2-3-9(10)12/h2-5H,6,12H2,1H3. The van der Waals surface area contributed by atoms with Crippen LogP contribution in [-0.2, 0) is 22.6 Å². The minimum atomic E-state index is -3.73. The Kier molecular flexibility index (Phi) is 3.04. The average Bonchev–Trinajstić information content (AvgIpc) is 2.66. The van der Waals surface area contributed by atoms with E-state index in [0.717, 1.165) is 12.1 Å². The molecule has 6 nitrogen and oxygen atoms in total. The fourth-order valence-electron chi connectivity index (χ4n) is 1.51. The van der Waals surface area contributed by atoms with Crippen LogP contribution in [0.2, 0.25) is 0 Å². The molecule has 1 heterocycles. The van der Waals surface area contributed by atoms with E-state index in [9.17, 15) is 12.8 Å². The quantitative estimate of drug-likeness (QED) is 0.821. The van der Waals surface area contributed by atoms with Crippen LogP contribution in [0.3, 0.4) is 0 Å². The molecule has 96 valence electrons. The van der Waals surface area contributed by atoms with E-state index in [-0.39, 0.29) is 22.0 Å². The molecule has 0 spiro atoms. The fraction of sp³-hybridized carbons (Fsp3) is 0.200. The van der Waals surface area contributed by atoms with Crippen molar-refractivity contribution in [2.75, 3.05) is 5.73 Å². The molecule has 0 atom stereocenters. The van der Waals surface area contributed by atoms with Gasteiger partial charge in [-0.3, -0.25) is 4.68 Å². The number of rotatable bonds is 3. The van der Waals surface area contributed by atoms with Gasteiger partial charge < -0.3 is 5.73 Å². The minimum absolute atomic E-state index is 0.0142. The van der Waals surface area contributed by atoms with E-state index >= 15 is 0 Å². The molecule has 0 aliphatic rings. The Hall–Kier alpha value is -1.96. The van der Waals surface area contributed by atoms with Crippen molar-refractivity contribution in [2.45, 2.75) is 10.6 Å². The molecule has 1 aromatic heterocycles. The van der Waals surface area contributed by atoms with Crippen LogP contribution < -0.4 is 5.73 Å². The highest BCUT2D eigenvalue weighted by Crippen LogP contribution is 2.22. The van der Waals surface area contributed by atoms with E-state index < -0.39 is 15.7 Å². The molecular formula is C10H11FN4O2S. The van der Waals surface area contributed by atoms with Gasteiger partial charge in [-0.2, -0.15) is 0 Å². The zero-order valence-corrected chi connectivity index (χ0v) is 10.4. The largest absolute Gasteiger partial charge is 0.398 e. The second kappa shape index (κ2) is 4.37. The van der Waals surface area contributed by atoms with Crippen LogP contribution in [-0.4, -0.2) is 23.4 Å². The first-order chi connectivity index (χ1) is 8.38. The normalized spacial score (nSPS) is 11.7. The van der Waals surface area contributed by atoms with Crippen molar-refractivity contribution in [3.63, 3.8) is 0 Å². The number of hydrogen-bond acceptors (Lipinski definition) is 5. The summed E-state index contributed by atoms with van der Waals surface area (Å²) in [6.07, 6.45) is 1.48. The third-order valence-corrected chi connectivity index (χ3v) is 4.00. The van der Waals surface area contributed by atoms with Gasteiger partial charge in [0.05, 0.1) is 16.3 Å². The van der Waals surface area contributed by atoms with Crippen LogP contribution in [0, 0.1) is 5.82 Å². The number of anilines is 1. The maximum atomic E-state index is 13.1. The van der Waals surface area contributed by atoms with Gasteiger partial charge in [-0.05, 0) is 18.2 Å². The van der Waals surface area contributed by atoms with E-state index in [4.69, 9.17) is 5.73 Å². The van der Waals surface area contributed by atoms with Gasteiger partial charge in [0.15, 0.2) is 9.84 Å². The van der Waals surface area contributed by atoms with Gasteiger partial charge in [0.1, 0.15) is 11.6 Å². The molecular weight excluding hydrogens is 259 g/mol. The maximum absolute atomic E-state index is 13.1. The van der Waals surface area contributed by atoms with Crippen LogP contribution in [0.5, 0.6) is 0 Å². The summed E-state index contributed by atoms with van der Waals surface area (Å²) >= 11 is 0. The summed E-state index contributed by atoms with van der Waals surface area (Å²) in [5.74, 6) is -1.02. The number of aryl methyl sites for hydroxylation is 1. The lowest BCUT2D eigenvalue weighted by molar-refractivity contribution is 0.590. The Labute approximate surface area is 103 Å². The maximum Gasteiger partial charge on any atom is 0.186 e. The topological polar surface area (TPSA) is 90.9 Å². The molecule has 0 bridgehead atoms. The third-order valence-electron chi connectivity index (χ3n) is 2.30. The summed E-state index contributed by atoms with van der Waals surface area (Å²) in [4.78, 5) is -0.229. The van der Waals surface area contributed by atoms with E-state index in [0.29, 0.717) is 0 Å². The second-order valence-corrected chi connectivity index (χ2v) is 5.78. The molecule has 0 aliphatic carbocycles. The molecule has 0 fully saturated rings. The van der Waals surface area contributed by atoms with E-state index in [1.54, 1.807) is 7.05 Å². The minimum Gasteiger partial charge on any atom is -0.398 e. The van der Waals surface area contributed by atoms with Crippen molar-refractivity contribution in [2.24, 2.45) is 7.05 Å².